The first kappa shape index (κ1) is 15.0. The van der Waals surface area contributed by atoms with E-state index in [1.165, 1.54) is 0 Å². The summed E-state index contributed by atoms with van der Waals surface area (Å²) in [5.41, 5.74) is 0.574. The van der Waals surface area contributed by atoms with Crippen LogP contribution in [0.2, 0.25) is 0 Å². The third-order valence-corrected chi connectivity index (χ3v) is 3.71. The van der Waals surface area contributed by atoms with Gasteiger partial charge in [0.2, 0.25) is 0 Å². The Morgan fingerprint density at radius 2 is 2.06 bits per heavy atom. The van der Waals surface area contributed by atoms with Gasteiger partial charge in [-0.15, -0.1) is 12.4 Å². The van der Waals surface area contributed by atoms with E-state index < -0.39 is 5.41 Å². The maximum absolute atomic E-state index is 12.3. The third kappa shape index (κ3) is 2.68. The molecule has 2 rings (SSSR count). The minimum Gasteiger partial charge on any atom is -0.508 e. The molecule has 1 aliphatic rings. The van der Waals surface area contributed by atoms with Crippen molar-refractivity contribution in [2.75, 3.05) is 13.1 Å². The molecule has 0 aromatic heterocycles. The number of aromatic hydroxyl groups is 1. The van der Waals surface area contributed by atoms with Crippen LogP contribution in [0.3, 0.4) is 0 Å². The van der Waals surface area contributed by atoms with Crippen molar-refractivity contribution in [1.82, 2.24) is 5.32 Å². The second kappa shape index (κ2) is 6.21. The van der Waals surface area contributed by atoms with Crippen molar-refractivity contribution in [3.8, 4) is 5.75 Å². The molecule has 1 aromatic carbocycles. The molecule has 1 heterocycles. The summed E-state index contributed by atoms with van der Waals surface area (Å²) in [6, 6.07) is 7.16. The number of ketones is 1. The summed E-state index contributed by atoms with van der Waals surface area (Å²) < 4.78 is 0. The van der Waals surface area contributed by atoms with Crippen LogP contribution in [0.5, 0.6) is 5.75 Å². The lowest BCUT2D eigenvalue weighted by Crippen LogP contribution is -2.45. The lowest BCUT2D eigenvalue weighted by molar-refractivity contribution is -0.125. The van der Waals surface area contributed by atoms with Gasteiger partial charge in [0, 0.05) is 6.42 Å². The first-order valence-electron chi connectivity index (χ1n) is 6.22. The summed E-state index contributed by atoms with van der Waals surface area (Å²) in [6.07, 6.45) is 2.20. The van der Waals surface area contributed by atoms with Crippen molar-refractivity contribution in [1.29, 1.82) is 0 Å². The maximum atomic E-state index is 12.3. The van der Waals surface area contributed by atoms with E-state index in [2.05, 4.69) is 5.32 Å². The van der Waals surface area contributed by atoms with E-state index in [1.54, 1.807) is 12.1 Å². The highest BCUT2D eigenvalue weighted by Gasteiger charge is 2.39. The molecule has 1 fully saturated rings. The van der Waals surface area contributed by atoms with Crippen LogP contribution in [0, 0.1) is 0 Å². The van der Waals surface area contributed by atoms with Crippen LogP contribution in [0.4, 0.5) is 0 Å². The third-order valence-electron chi connectivity index (χ3n) is 3.71. The Morgan fingerprint density at radius 1 is 1.39 bits per heavy atom. The van der Waals surface area contributed by atoms with Crippen molar-refractivity contribution in [2.24, 2.45) is 0 Å². The van der Waals surface area contributed by atoms with E-state index in [4.69, 9.17) is 0 Å². The largest absolute Gasteiger partial charge is 0.508 e. The predicted molar refractivity (Wildman–Crippen MR) is 74.4 cm³/mol. The van der Waals surface area contributed by atoms with E-state index in [0.29, 0.717) is 6.42 Å². The molecule has 0 amide bonds. The van der Waals surface area contributed by atoms with Crippen LogP contribution >= 0.6 is 12.4 Å². The first-order chi connectivity index (χ1) is 8.19. The number of carbonyl (C=O) groups is 1. The van der Waals surface area contributed by atoms with Crippen LogP contribution in [0.15, 0.2) is 24.3 Å². The van der Waals surface area contributed by atoms with Crippen LogP contribution in [-0.2, 0) is 10.2 Å². The van der Waals surface area contributed by atoms with E-state index in [1.807, 2.05) is 19.1 Å². The average molecular weight is 270 g/mol. The van der Waals surface area contributed by atoms with Gasteiger partial charge in [-0.2, -0.15) is 0 Å². The number of phenolic OH excluding ortho intramolecular Hbond substituents is 1. The van der Waals surface area contributed by atoms with Gasteiger partial charge in [0.1, 0.15) is 11.5 Å². The Balaban J connectivity index is 0.00000162. The molecule has 1 saturated heterocycles. The normalized spacial score (nSPS) is 17.8. The second-order valence-electron chi connectivity index (χ2n) is 4.66. The molecule has 4 heteroatoms. The number of rotatable bonds is 3. The number of benzene rings is 1. The molecule has 0 aliphatic carbocycles. The second-order valence-corrected chi connectivity index (χ2v) is 4.66. The molecule has 0 saturated carbocycles. The van der Waals surface area contributed by atoms with Gasteiger partial charge in [-0.3, -0.25) is 4.79 Å². The summed E-state index contributed by atoms with van der Waals surface area (Å²) >= 11 is 0. The van der Waals surface area contributed by atoms with Crippen molar-refractivity contribution in [3.05, 3.63) is 29.8 Å². The number of carbonyl (C=O) groups excluding carboxylic acids is 1. The summed E-state index contributed by atoms with van der Waals surface area (Å²) in [7, 11) is 0. The molecule has 0 spiro atoms. The number of nitrogens with one attached hydrogen (secondary N) is 1. The monoisotopic (exact) mass is 269 g/mol. The van der Waals surface area contributed by atoms with Crippen molar-refractivity contribution < 1.29 is 9.90 Å². The SMILES string of the molecule is CCC(=O)C1(c2cccc(O)c2)CCNCC1.Cl. The molecule has 1 aromatic rings. The molecule has 18 heavy (non-hydrogen) atoms. The zero-order valence-corrected chi connectivity index (χ0v) is 11.4. The Bertz CT molecular complexity index is 414. The summed E-state index contributed by atoms with van der Waals surface area (Å²) in [4.78, 5) is 12.3. The van der Waals surface area contributed by atoms with Crippen LogP contribution in [0.25, 0.3) is 0 Å². The summed E-state index contributed by atoms with van der Waals surface area (Å²) in [5.74, 6) is 0.522. The molecule has 0 unspecified atom stereocenters. The molecule has 100 valence electrons. The van der Waals surface area contributed by atoms with Crippen molar-refractivity contribution in [3.63, 3.8) is 0 Å². The highest BCUT2D eigenvalue weighted by atomic mass is 35.5. The fourth-order valence-electron chi connectivity index (χ4n) is 2.72. The number of piperidine rings is 1. The highest BCUT2D eigenvalue weighted by molar-refractivity contribution is 5.90. The van der Waals surface area contributed by atoms with Gasteiger partial charge in [0.25, 0.3) is 0 Å². The van der Waals surface area contributed by atoms with E-state index in [0.717, 1.165) is 31.5 Å². The number of phenols is 1. The summed E-state index contributed by atoms with van der Waals surface area (Å²) in [6.45, 7) is 3.64. The molecule has 1 aliphatic heterocycles. The number of Topliss-reactive ketones (excluding diaryl/α,β-unsaturated/α-hetero) is 1. The Kier molecular flexibility index (Phi) is 5.17. The quantitative estimate of drug-likeness (QED) is 0.886. The Labute approximate surface area is 114 Å². The number of hydrogen-bond acceptors (Lipinski definition) is 3. The maximum Gasteiger partial charge on any atom is 0.143 e. The van der Waals surface area contributed by atoms with Gasteiger partial charge in [-0.05, 0) is 43.6 Å². The molecule has 0 bridgehead atoms. The number of halogens is 1. The predicted octanol–water partition coefficient (Wildman–Crippen LogP) is 2.41. The average Bonchev–Trinajstić information content (AvgIpc) is 2.38. The standard InChI is InChI=1S/C14H19NO2.ClH/c1-2-13(17)14(6-8-15-9-7-14)11-4-3-5-12(16)10-11;/h3-5,10,15-16H,2,6-9H2,1H3;1H. The molecule has 0 atom stereocenters. The zero-order chi connectivity index (χ0) is 12.3. The van der Waals surface area contributed by atoms with E-state index >= 15 is 0 Å². The van der Waals surface area contributed by atoms with Gasteiger partial charge in [0.15, 0.2) is 0 Å². The molecule has 2 N–H and O–H groups in total. The van der Waals surface area contributed by atoms with Gasteiger partial charge in [0.05, 0.1) is 5.41 Å². The summed E-state index contributed by atoms with van der Waals surface area (Å²) in [5, 5.41) is 12.9. The minimum atomic E-state index is -0.390. The lowest BCUT2D eigenvalue weighted by Gasteiger charge is -2.36. The fraction of sp³-hybridized carbons (Fsp3) is 0.500. The minimum absolute atomic E-state index is 0. The van der Waals surface area contributed by atoms with Crippen molar-refractivity contribution in [2.45, 2.75) is 31.6 Å². The van der Waals surface area contributed by atoms with Crippen molar-refractivity contribution >= 4 is 18.2 Å². The molecular formula is C14H20ClNO2. The van der Waals surface area contributed by atoms with Crippen LogP contribution < -0.4 is 5.32 Å². The molecule has 3 nitrogen and oxygen atoms in total. The zero-order valence-electron chi connectivity index (χ0n) is 10.6. The Hall–Kier alpha value is -1.06. The van der Waals surface area contributed by atoms with Gasteiger partial charge >= 0.3 is 0 Å². The molecule has 0 radical (unpaired) electrons. The van der Waals surface area contributed by atoms with Crippen LogP contribution in [-0.4, -0.2) is 24.0 Å². The van der Waals surface area contributed by atoms with E-state index in [-0.39, 0.29) is 23.9 Å². The smallest absolute Gasteiger partial charge is 0.143 e. The highest BCUT2D eigenvalue weighted by Crippen LogP contribution is 2.36. The Morgan fingerprint density at radius 3 is 2.61 bits per heavy atom. The van der Waals surface area contributed by atoms with Gasteiger partial charge < -0.3 is 10.4 Å². The first-order valence-corrected chi connectivity index (χ1v) is 6.22. The lowest BCUT2D eigenvalue weighted by atomic mass is 9.69. The van der Waals surface area contributed by atoms with Crippen LogP contribution in [0.1, 0.15) is 31.7 Å². The van der Waals surface area contributed by atoms with Gasteiger partial charge in [-0.25, -0.2) is 0 Å². The van der Waals surface area contributed by atoms with Gasteiger partial charge in [-0.1, -0.05) is 19.1 Å². The topological polar surface area (TPSA) is 49.3 Å². The number of hydrogen-bond donors (Lipinski definition) is 2. The fourth-order valence-corrected chi connectivity index (χ4v) is 2.72. The van der Waals surface area contributed by atoms with E-state index in [9.17, 15) is 9.90 Å². The molecular weight excluding hydrogens is 250 g/mol.